The van der Waals surface area contributed by atoms with Crippen LogP contribution in [0.5, 0.6) is 0 Å². The highest BCUT2D eigenvalue weighted by Gasteiger charge is 2.47. The van der Waals surface area contributed by atoms with E-state index in [1.807, 2.05) is 6.92 Å². The minimum Gasteiger partial charge on any atom is -0.404 e. The van der Waals surface area contributed by atoms with Gasteiger partial charge >= 0.3 is 0 Å². The van der Waals surface area contributed by atoms with Crippen LogP contribution in [0.25, 0.3) is 0 Å². The molecule has 22 heavy (non-hydrogen) atoms. The molecule has 1 fully saturated rings. The molecule has 0 unspecified atom stereocenters. The first kappa shape index (κ1) is 19.3. The van der Waals surface area contributed by atoms with Crippen molar-refractivity contribution in [2.75, 3.05) is 14.2 Å². The molecule has 0 spiro atoms. The lowest BCUT2D eigenvalue weighted by Crippen LogP contribution is -2.55. The maximum atomic E-state index is 12.4. The summed E-state index contributed by atoms with van der Waals surface area (Å²) in [6, 6.07) is 0. The van der Waals surface area contributed by atoms with Crippen LogP contribution in [0.4, 0.5) is 0 Å². The molecule has 0 radical (unpaired) electrons. The summed E-state index contributed by atoms with van der Waals surface area (Å²) >= 11 is 0. The van der Waals surface area contributed by atoms with E-state index in [9.17, 15) is 4.79 Å². The number of nitrogens with zero attached hydrogens (tertiary/aromatic N) is 1. The van der Waals surface area contributed by atoms with E-state index in [1.54, 1.807) is 7.11 Å². The van der Waals surface area contributed by atoms with Crippen molar-refractivity contribution in [3.63, 3.8) is 0 Å². The number of rotatable bonds is 5. The van der Waals surface area contributed by atoms with E-state index in [0.29, 0.717) is 6.42 Å². The van der Waals surface area contributed by atoms with Crippen molar-refractivity contribution in [3.05, 3.63) is 0 Å². The van der Waals surface area contributed by atoms with Gasteiger partial charge in [-0.15, -0.1) is 0 Å². The van der Waals surface area contributed by atoms with Crippen LogP contribution in [0, 0.1) is 5.92 Å². The zero-order valence-electron chi connectivity index (χ0n) is 15.2. The third-order valence-electron chi connectivity index (χ3n) is 4.99. The molecule has 0 aromatic rings. The smallest absolute Gasteiger partial charge is 0.193 e. The molecular formula is C16H31NO4Si. The molecule has 0 amide bonds. The van der Waals surface area contributed by atoms with E-state index in [4.69, 9.17) is 14.0 Å². The number of carbonyl (C=O) groups excluding carboxylic acids is 1. The van der Waals surface area contributed by atoms with Gasteiger partial charge in [0.1, 0.15) is 13.2 Å². The maximum Gasteiger partial charge on any atom is 0.193 e. The van der Waals surface area contributed by atoms with Gasteiger partial charge in [0.25, 0.3) is 0 Å². The highest BCUT2D eigenvalue weighted by atomic mass is 28.4. The van der Waals surface area contributed by atoms with Gasteiger partial charge in [0.05, 0.1) is 11.8 Å². The van der Waals surface area contributed by atoms with Crippen molar-refractivity contribution >= 4 is 19.8 Å². The summed E-state index contributed by atoms with van der Waals surface area (Å²) < 4.78 is 12.0. The van der Waals surface area contributed by atoms with Crippen LogP contribution in [0.2, 0.25) is 18.1 Å². The van der Waals surface area contributed by atoms with Gasteiger partial charge in [0.15, 0.2) is 14.1 Å². The fraction of sp³-hybridized carbons (Fsp3) is 0.875. The Balaban J connectivity index is 3.04. The molecule has 0 saturated heterocycles. The molecule has 6 heteroatoms. The third-order valence-corrected chi connectivity index (χ3v) is 9.44. The standard InChI is InChI=1S/C16H31NO4Si/c1-11(17-20-6)12-9-10-13(18)15(14(12)19-5)21-22(7,8)16(2,3)4/h12,14-15H,9-10H2,1-8H3/b17-11-/t12-,14-,15-/m1/s1. The van der Waals surface area contributed by atoms with Crippen molar-refractivity contribution in [2.45, 2.75) is 70.9 Å². The van der Waals surface area contributed by atoms with Crippen LogP contribution >= 0.6 is 0 Å². The molecule has 5 nitrogen and oxygen atoms in total. The van der Waals surface area contributed by atoms with Gasteiger partial charge in [0.2, 0.25) is 0 Å². The number of oxime groups is 1. The maximum absolute atomic E-state index is 12.4. The number of methoxy groups -OCH3 is 1. The summed E-state index contributed by atoms with van der Waals surface area (Å²) in [5.74, 6) is 0.190. The van der Waals surface area contributed by atoms with Crippen LogP contribution in [-0.4, -0.2) is 46.2 Å². The quantitative estimate of drug-likeness (QED) is 0.441. The Hall–Kier alpha value is -0.723. The van der Waals surface area contributed by atoms with E-state index < -0.39 is 14.4 Å². The zero-order valence-corrected chi connectivity index (χ0v) is 16.2. The topological polar surface area (TPSA) is 57.1 Å². The van der Waals surface area contributed by atoms with E-state index in [1.165, 1.54) is 7.11 Å². The summed E-state index contributed by atoms with van der Waals surface area (Å²) in [4.78, 5) is 17.3. The molecule has 0 bridgehead atoms. The normalized spacial score (nSPS) is 27.9. The summed E-state index contributed by atoms with van der Waals surface area (Å²) in [5, 5.41) is 4.08. The minimum absolute atomic E-state index is 0.0498. The summed E-state index contributed by atoms with van der Waals surface area (Å²) in [6.45, 7) is 12.7. The largest absolute Gasteiger partial charge is 0.404 e. The second-order valence-electron chi connectivity index (χ2n) is 7.53. The molecule has 1 saturated carbocycles. The Morgan fingerprint density at radius 1 is 1.27 bits per heavy atom. The van der Waals surface area contributed by atoms with Gasteiger partial charge in [-0.1, -0.05) is 25.9 Å². The second kappa shape index (κ2) is 7.23. The van der Waals surface area contributed by atoms with Crippen LogP contribution < -0.4 is 0 Å². The zero-order chi connectivity index (χ0) is 17.1. The number of ketones is 1. The molecule has 0 N–H and O–H groups in total. The van der Waals surface area contributed by atoms with Crippen molar-refractivity contribution < 1.29 is 18.8 Å². The average Bonchev–Trinajstić information content (AvgIpc) is 2.39. The highest BCUT2D eigenvalue weighted by molar-refractivity contribution is 6.74. The van der Waals surface area contributed by atoms with Gasteiger partial charge in [-0.3, -0.25) is 4.79 Å². The van der Waals surface area contributed by atoms with Gasteiger partial charge < -0.3 is 14.0 Å². The van der Waals surface area contributed by atoms with Crippen LogP contribution in [0.1, 0.15) is 40.5 Å². The number of ether oxygens (including phenoxy) is 1. The lowest BCUT2D eigenvalue weighted by atomic mass is 9.81. The molecule has 128 valence electrons. The van der Waals surface area contributed by atoms with Crippen LogP contribution in [0.15, 0.2) is 5.16 Å². The molecule has 1 aliphatic rings. The first-order valence-corrected chi connectivity index (χ1v) is 10.8. The summed E-state index contributed by atoms with van der Waals surface area (Å²) in [5.41, 5.74) is 0.852. The fourth-order valence-corrected chi connectivity index (χ4v) is 3.83. The van der Waals surface area contributed by atoms with Crippen molar-refractivity contribution in [1.82, 2.24) is 0 Å². The Bertz CT molecular complexity index is 428. The van der Waals surface area contributed by atoms with E-state index in [2.05, 4.69) is 39.0 Å². The van der Waals surface area contributed by atoms with Gasteiger partial charge in [-0.25, -0.2) is 0 Å². The average molecular weight is 330 g/mol. The molecular weight excluding hydrogens is 298 g/mol. The van der Waals surface area contributed by atoms with E-state index in [-0.39, 0.29) is 22.8 Å². The molecule has 3 atom stereocenters. The predicted octanol–water partition coefficient (Wildman–Crippen LogP) is 3.39. The monoisotopic (exact) mass is 329 g/mol. The third kappa shape index (κ3) is 4.17. The van der Waals surface area contributed by atoms with Gasteiger partial charge in [-0.05, 0) is 31.5 Å². The van der Waals surface area contributed by atoms with Crippen LogP contribution in [0.3, 0.4) is 0 Å². The van der Waals surface area contributed by atoms with E-state index >= 15 is 0 Å². The predicted molar refractivity (Wildman–Crippen MR) is 90.7 cm³/mol. The number of Topliss-reactive ketones (excluding diaryl/α,β-unsaturated/α-hetero) is 1. The number of hydrogen-bond acceptors (Lipinski definition) is 5. The van der Waals surface area contributed by atoms with Gasteiger partial charge in [0, 0.05) is 19.4 Å². The Kier molecular flexibility index (Phi) is 6.35. The molecule has 0 aromatic heterocycles. The first-order chi connectivity index (χ1) is 10.0. The number of hydrogen-bond donors (Lipinski definition) is 0. The molecule has 1 rings (SSSR count). The van der Waals surface area contributed by atoms with Crippen LogP contribution in [-0.2, 0) is 18.8 Å². The SMILES string of the molecule is CO/N=C(/C)[C@H]1CCC(=O)[C@@H](O[Si](C)(C)C(C)(C)C)[C@@H]1OC. The molecule has 0 heterocycles. The first-order valence-electron chi connectivity index (χ1n) is 7.86. The highest BCUT2D eigenvalue weighted by Crippen LogP contribution is 2.40. The Morgan fingerprint density at radius 2 is 1.86 bits per heavy atom. The minimum atomic E-state index is -2.05. The second-order valence-corrected chi connectivity index (χ2v) is 12.3. The van der Waals surface area contributed by atoms with Gasteiger partial charge in [-0.2, -0.15) is 0 Å². The number of carbonyl (C=O) groups is 1. The Labute approximate surface area is 135 Å². The van der Waals surface area contributed by atoms with Crippen molar-refractivity contribution in [1.29, 1.82) is 0 Å². The van der Waals surface area contributed by atoms with Crippen molar-refractivity contribution in [2.24, 2.45) is 11.1 Å². The van der Waals surface area contributed by atoms with Crippen molar-refractivity contribution in [3.8, 4) is 0 Å². The summed E-state index contributed by atoms with van der Waals surface area (Å²) in [7, 11) is 1.12. The van der Waals surface area contributed by atoms with E-state index in [0.717, 1.165) is 12.1 Å². The summed E-state index contributed by atoms with van der Waals surface area (Å²) in [6.07, 6.45) is 0.425. The molecule has 0 aromatic carbocycles. The molecule has 1 aliphatic carbocycles. The molecule has 0 aliphatic heterocycles. The lowest BCUT2D eigenvalue weighted by Gasteiger charge is -2.43. The lowest BCUT2D eigenvalue weighted by molar-refractivity contribution is -0.139. The Morgan fingerprint density at radius 3 is 2.32 bits per heavy atom. The fourth-order valence-electron chi connectivity index (χ4n) is 2.57.